The molecule has 20 heavy (non-hydrogen) atoms. The Morgan fingerprint density at radius 3 is 2.65 bits per heavy atom. The lowest BCUT2D eigenvalue weighted by atomic mass is 10.1. The lowest BCUT2D eigenvalue weighted by Gasteiger charge is -2.22. The van der Waals surface area contributed by atoms with Crippen molar-refractivity contribution in [2.24, 2.45) is 0 Å². The van der Waals surface area contributed by atoms with E-state index in [0.717, 1.165) is 0 Å². The number of sulfonamides is 1. The predicted octanol–water partition coefficient (Wildman–Crippen LogP) is 0.670. The highest BCUT2D eigenvalue weighted by Crippen LogP contribution is 2.24. The lowest BCUT2D eigenvalue weighted by Crippen LogP contribution is -2.42. The van der Waals surface area contributed by atoms with Crippen LogP contribution in [0.2, 0.25) is 0 Å². The number of nitrogen functional groups attached to an aromatic ring is 1. The average molecular weight is 320 g/mol. The number of thioether (sulfide) groups is 1. The molecule has 4 N–H and O–H groups in total. The van der Waals surface area contributed by atoms with Crippen LogP contribution in [0.1, 0.15) is 6.92 Å². The normalized spacial score (nSPS) is 14.8. The van der Waals surface area contributed by atoms with E-state index in [4.69, 9.17) is 10.5 Å². The molecule has 0 aliphatic rings. The average Bonchev–Trinajstić information content (AvgIpc) is 2.36. The number of nitrogens with two attached hydrogens (primary N) is 1. The molecule has 0 radical (unpaired) electrons. The highest BCUT2D eigenvalue weighted by Gasteiger charge is 2.24. The molecular formula is C12H20N2O4S2. The van der Waals surface area contributed by atoms with Crippen LogP contribution in [-0.4, -0.2) is 44.8 Å². The summed E-state index contributed by atoms with van der Waals surface area (Å²) in [7, 11) is -2.26. The van der Waals surface area contributed by atoms with Gasteiger partial charge in [0.05, 0.1) is 23.3 Å². The summed E-state index contributed by atoms with van der Waals surface area (Å²) in [5.41, 5.74) is 4.82. The Morgan fingerprint density at radius 2 is 2.15 bits per heavy atom. The summed E-state index contributed by atoms with van der Waals surface area (Å²) in [5.74, 6) is 0.846. The second-order valence-electron chi connectivity index (χ2n) is 4.66. The Labute approximate surface area is 123 Å². The third-order valence-electron chi connectivity index (χ3n) is 2.61. The van der Waals surface area contributed by atoms with Gasteiger partial charge in [-0.2, -0.15) is 11.8 Å². The molecule has 114 valence electrons. The number of aliphatic hydroxyl groups is 1. The lowest BCUT2D eigenvalue weighted by molar-refractivity contribution is 0.0908. The zero-order chi connectivity index (χ0) is 15.4. The minimum atomic E-state index is -3.71. The standard InChI is InChI=1S/C12H20N2O4S2/c1-12(15,8-19-3)7-14-20(16,17)9-4-5-11(18-2)10(13)6-9/h4-6,14-15H,7-8,13H2,1-3H3. The van der Waals surface area contributed by atoms with Crippen molar-refractivity contribution in [1.29, 1.82) is 0 Å². The number of ether oxygens (including phenoxy) is 1. The molecule has 0 amide bonds. The fourth-order valence-electron chi connectivity index (χ4n) is 1.58. The van der Waals surface area contributed by atoms with Crippen LogP contribution in [0.3, 0.4) is 0 Å². The molecule has 0 fully saturated rings. The van der Waals surface area contributed by atoms with E-state index in [9.17, 15) is 13.5 Å². The van der Waals surface area contributed by atoms with Gasteiger partial charge in [-0.1, -0.05) is 0 Å². The molecule has 1 aromatic rings. The molecule has 0 spiro atoms. The zero-order valence-corrected chi connectivity index (χ0v) is 13.3. The smallest absolute Gasteiger partial charge is 0.240 e. The van der Waals surface area contributed by atoms with Crippen LogP contribution in [0, 0.1) is 0 Å². The first kappa shape index (κ1) is 17.1. The van der Waals surface area contributed by atoms with Crippen molar-refractivity contribution in [2.45, 2.75) is 17.4 Å². The third kappa shape index (κ3) is 4.55. The number of nitrogens with one attached hydrogen (secondary N) is 1. The molecule has 8 heteroatoms. The molecule has 1 aromatic carbocycles. The monoisotopic (exact) mass is 320 g/mol. The van der Waals surface area contributed by atoms with Crippen LogP contribution in [0.15, 0.2) is 23.1 Å². The Bertz CT molecular complexity index is 559. The summed E-state index contributed by atoms with van der Waals surface area (Å²) in [6.45, 7) is 1.51. The molecule has 0 aromatic heterocycles. The molecule has 0 saturated heterocycles. The van der Waals surface area contributed by atoms with Gasteiger partial charge >= 0.3 is 0 Å². The summed E-state index contributed by atoms with van der Waals surface area (Å²) in [4.78, 5) is 0.0377. The molecule has 0 heterocycles. The zero-order valence-electron chi connectivity index (χ0n) is 11.7. The number of methoxy groups -OCH3 is 1. The van der Waals surface area contributed by atoms with Crippen LogP contribution >= 0.6 is 11.8 Å². The SMILES string of the molecule is COc1ccc(S(=O)(=O)NCC(C)(O)CSC)cc1N. The van der Waals surface area contributed by atoms with Crippen LogP contribution in [-0.2, 0) is 10.0 Å². The van der Waals surface area contributed by atoms with Gasteiger partial charge in [0.15, 0.2) is 0 Å². The maximum atomic E-state index is 12.1. The number of rotatable bonds is 7. The predicted molar refractivity (Wildman–Crippen MR) is 81.6 cm³/mol. The van der Waals surface area contributed by atoms with Gasteiger partial charge in [-0.15, -0.1) is 0 Å². The van der Waals surface area contributed by atoms with Gasteiger partial charge in [-0.05, 0) is 31.4 Å². The van der Waals surface area contributed by atoms with E-state index < -0.39 is 15.6 Å². The fraction of sp³-hybridized carbons (Fsp3) is 0.500. The Kier molecular flexibility index (Phi) is 5.69. The maximum absolute atomic E-state index is 12.1. The second-order valence-corrected chi connectivity index (χ2v) is 7.29. The molecule has 6 nitrogen and oxygen atoms in total. The molecule has 0 saturated carbocycles. The van der Waals surface area contributed by atoms with Gasteiger partial charge in [0, 0.05) is 12.3 Å². The van der Waals surface area contributed by atoms with Gasteiger partial charge in [0.1, 0.15) is 5.75 Å². The van der Waals surface area contributed by atoms with E-state index in [1.54, 1.807) is 6.92 Å². The van der Waals surface area contributed by atoms with E-state index in [1.807, 2.05) is 6.26 Å². The van der Waals surface area contributed by atoms with Crippen molar-refractivity contribution in [3.05, 3.63) is 18.2 Å². The number of anilines is 1. The molecule has 1 atom stereocenters. The largest absolute Gasteiger partial charge is 0.495 e. The Hall–Kier alpha value is -0.960. The summed E-state index contributed by atoms with van der Waals surface area (Å²) < 4.78 is 31.6. The van der Waals surface area contributed by atoms with E-state index in [-0.39, 0.29) is 17.1 Å². The summed E-state index contributed by atoms with van der Waals surface area (Å²) in [5, 5.41) is 9.97. The Balaban J connectivity index is 2.87. The van der Waals surface area contributed by atoms with Crippen LogP contribution in [0.4, 0.5) is 5.69 Å². The summed E-state index contributed by atoms with van der Waals surface area (Å²) in [6.07, 6.45) is 1.84. The van der Waals surface area contributed by atoms with E-state index in [2.05, 4.69) is 4.72 Å². The first-order chi connectivity index (χ1) is 9.22. The first-order valence-electron chi connectivity index (χ1n) is 5.86. The second kappa shape index (κ2) is 6.66. The molecule has 1 unspecified atom stereocenters. The molecule has 0 bridgehead atoms. The van der Waals surface area contributed by atoms with Gasteiger partial charge in [0.25, 0.3) is 0 Å². The van der Waals surface area contributed by atoms with Gasteiger partial charge in [-0.25, -0.2) is 13.1 Å². The van der Waals surface area contributed by atoms with Crippen molar-refractivity contribution in [1.82, 2.24) is 4.72 Å². The van der Waals surface area contributed by atoms with Crippen LogP contribution < -0.4 is 15.2 Å². The van der Waals surface area contributed by atoms with Gasteiger partial charge in [-0.3, -0.25) is 0 Å². The molecule has 1 rings (SSSR count). The van der Waals surface area contributed by atoms with Gasteiger partial charge < -0.3 is 15.6 Å². The van der Waals surface area contributed by atoms with Crippen molar-refractivity contribution >= 4 is 27.5 Å². The first-order valence-corrected chi connectivity index (χ1v) is 8.74. The highest BCUT2D eigenvalue weighted by molar-refractivity contribution is 7.98. The van der Waals surface area contributed by atoms with Crippen molar-refractivity contribution in [3.63, 3.8) is 0 Å². The minimum absolute atomic E-state index is 0.0377. The maximum Gasteiger partial charge on any atom is 0.240 e. The van der Waals surface area contributed by atoms with Crippen molar-refractivity contribution in [3.8, 4) is 5.75 Å². The number of hydrogen-bond donors (Lipinski definition) is 3. The van der Waals surface area contributed by atoms with Crippen LogP contribution in [0.25, 0.3) is 0 Å². The van der Waals surface area contributed by atoms with Crippen molar-refractivity contribution in [2.75, 3.05) is 31.4 Å². The summed E-state index contributed by atoms with van der Waals surface area (Å²) in [6, 6.07) is 4.22. The van der Waals surface area contributed by atoms with E-state index in [1.165, 1.54) is 37.1 Å². The van der Waals surface area contributed by atoms with Crippen LogP contribution in [0.5, 0.6) is 5.75 Å². The van der Waals surface area contributed by atoms with Crippen molar-refractivity contribution < 1.29 is 18.3 Å². The quantitative estimate of drug-likeness (QED) is 0.638. The number of hydrogen-bond acceptors (Lipinski definition) is 6. The fourth-order valence-corrected chi connectivity index (χ4v) is 3.50. The summed E-state index contributed by atoms with van der Waals surface area (Å²) >= 11 is 1.44. The molecule has 0 aliphatic heterocycles. The third-order valence-corrected chi connectivity index (χ3v) is 4.92. The molecular weight excluding hydrogens is 300 g/mol. The highest BCUT2D eigenvalue weighted by atomic mass is 32.2. The Morgan fingerprint density at radius 1 is 1.50 bits per heavy atom. The minimum Gasteiger partial charge on any atom is -0.495 e. The molecule has 0 aliphatic carbocycles. The van der Waals surface area contributed by atoms with E-state index >= 15 is 0 Å². The van der Waals surface area contributed by atoms with Gasteiger partial charge in [0.2, 0.25) is 10.0 Å². The van der Waals surface area contributed by atoms with E-state index in [0.29, 0.717) is 11.5 Å². The topological polar surface area (TPSA) is 102 Å². The number of benzene rings is 1.